The third-order valence-corrected chi connectivity index (χ3v) is 5.71. The molecule has 0 unspecified atom stereocenters. The predicted molar refractivity (Wildman–Crippen MR) is 114 cm³/mol. The van der Waals surface area contributed by atoms with Gasteiger partial charge in [-0.1, -0.05) is 37.1 Å². The van der Waals surface area contributed by atoms with Crippen LogP contribution < -0.4 is 15.4 Å². The molecule has 28 heavy (non-hydrogen) atoms. The van der Waals surface area contributed by atoms with Crippen LogP contribution in [0.4, 0.5) is 0 Å². The number of carbonyl (C=O) groups is 1. The van der Waals surface area contributed by atoms with Gasteiger partial charge in [-0.3, -0.25) is 4.79 Å². The number of aromatic nitrogens is 1. The number of hydrogen-bond donors (Lipinski definition) is 2. The number of nitrogens with zero attached hydrogens (tertiary/aromatic N) is 1. The van der Waals surface area contributed by atoms with Gasteiger partial charge in [-0.2, -0.15) is 0 Å². The molecular weight excluding hydrogens is 397 g/mol. The van der Waals surface area contributed by atoms with Gasteiger partial charge >= 0.3 is 0 Å². The fraction of sp³-hybridized carbons (Fsp3) is 0.429. The summed E-state index contributed by atoms with van der Waals surface area (Å²) in [5.74, 6) is 1.99. The van der Waals surface area contributed by atoms with Crippen LogP contribution in [0.1, 0.15) is 31.2 Å². The highest BCUT2D eigenvalue weighted by Crippen LogP contribution is 2.43. The number of nitrogens with one attached hydrogen (secondary N) is 2. The zero-order valence-electron chi connectivity index (χ0n) is 15.7. The Bertz CT molecular complexity index is 758. The fourth-order valence-electron chi connectivity index (χ4n) is 4.23. The molecule has 4 rings (SSSR count). The van der Waals surface area contributed by atoms with E-state index in [1.54, 1.807) is 6.20 Å². The van der Waals surface area contributed by atoms with Crippen molar-refractivity contribution in [1.82, 2.24) is 15.6 Å². The average molecular weight is 424 g/mol. The minimum Gasteiger partial charge on any atom is -0.439 e. The first-order chi connectivity index (χ1) is 12.8. The molecule has 2 fully saturated rings. The zero-order valence-corrected chi connectivity index (χ0v) is 17.4. The lowest BCUT2D eigenvalue weighted by Gasteiger charge is -2.37. The fourth-order valence-corrected chi connectivity index (χ4v) is 4.23. The van der Waals surface area contributed by atoms with Crippen LogP contribution in [-0.4, -0.2) is 24.0 Å². The molecule has 0 bridgehead atoms. The van der Waals surface area contributed by atoms with E-state index in [1.807, 2.05) is 42.5 Å². The second-order valence-electron chi connectivity index (χ2n) is 7.33. The maximum absolute atomic E-state index is 12.9. The van der Waals surface area contributed by atoms with Crippen molar-refractivity contribution in [3.8, 4) is 11.6 Å². The number of hydrogen-bond acceptors (Lipinski definition) is 4. The molecule has 2 heterocycles. The summed E-state index contributed by atoms with van der Waals surface area (Å²) in [6.07, 6.45) is 6.32. The highest BCUT2D eigenvalue weighted by molar-refractivity contribution is 5.85. The van der Waals surface area contributed by atoms with Crippen molar-refractivity contribution < 1.29 is 9.53 Å². The lowest BCUT2D eigenvalue weighted by molar-refractivity contribution is -0.134. The molecule has 1 aromatic carbocycles. The Labute approximate surface area is 178 Å². The van der Waals surface area contributed by atoms with Crippen LogP contribution >= 0.6 is 24.8 Å². The maximum atomic E-state index is 12.9. The third kappa shape index (κ3) is 4.77. The number of pyridine rings is 1. The lowest BCUT2D eigenvalue weighted by Crippen LogP contribution is -2.47. The molecule has 2 N–H and O–H groups in total. The molecule has 0 spiro atoms. The van der Waals surface area contributed by atoms with E-state index in [4.69, 9.17) is 4.74 Å². The topological polar surface area (TPSA) is 63.2 Å². The molecule has 2 aromatic rings. The minimum absolute atomic E-state index is 0. The molecule has 1 saturated heterocycles. The Hall–Kier alpha value is -1.82. The summed E-state index contributed by atoms with van der Waals surface area (Å²) in [7, 11) is 0. The van der Waals surface area contributed by atoms with Gasteiger partial charge in [-0.05, 0) is 43.0 Å². The van der Waals surface area contributed by atoms with Crippen molar-refractivity contribution in [3.63, 3.8) is 0 Å². The van der Waals surface area contributed by atoms with E-state index in [-0.39, 0.29) is 36.1 Å². The van der Waals surface area contributed by atoms with Gasteiger partial charge in [0.25, 0.3) is 0 Å². The molecule has 1 amide bonds. The molecular formula is C21H27Cl2N3O2. The van der Waals surface area contributed by atoms with E-state index in [1.165, 1.54) is 6.42 Å². The van der Waals surface area contributed by atoms with Crippen molar-refractivity contribution in [2.45, 2.75) is 32.2 Å². The first-order valence-electron chi connectivity index (χ1n) is 9.43. The number of benzene rings is 1. The molecule has 7 heteroatoms. The molecule has 1 aliphatic carbocycles. The largest absolute Gasteiger partial charge is 0.439 e. The Morgan fingerprint density at radius 3 is 2.75 bits per heavy atom. The lowest BCUT2D eigenvalue weighted by atomic mass is 9.67. The zero-order chi connectivity index (χ0) is 17.8. The molecule has 152 valence electrons. The van der Waals surface area contributed by atoms with Crippen molar-refractivity contribution >= 4 is 30.7 Å². The maximum Gasteiger partial charge on any atom is 0.228 e. The Morgan fingerprint density at radius 1 is 1.18 bits per heavy atom. The van der Waals surface area contributed by atoms with Gasteiger partial charge < -0.3 is 15.4 Å². The molecule has 5 nitrogen and oxygen atoms in total. The third-order valence-electron chi connectivity index (χ3n) is 5.71. The number of amides is 1. The Morgan fingerprint density at radius 2 is 2.00 bits per heavy atom. The van der Waals surface area contributed by atoms with Crippen LogP contribution in [0.3, 0.4) is 0 Å². The predicted octanol–water partition coefficient (Wildman–Crippen LogP) is 4.11. The van der Waals surface area contributed by atoms with Gasteiger partial charge in [0, 0.05) is 25.4 Å². The monoisotopic (exact) mass is 423 g/mol. The van der Waals surface area contributed by atoms with E-state index >= 15 is 0 Å². The first kappa shape index (κ1) is 22.5. The Kier molecular flexibility index (Phi) is 8.10. The van der Waals surface area contributed by atoms with E-state index in [0.29, 0.717) is 18.3 Å². The molecule has 2 aliphatic rings. The second kappa shape index (κ2) is 10.1. The van der Waals surface area contributed by atoms with Gasteiger partial charge in [0.1, 0.15) is 5.75 Å². The van der Waals surface area contributed by atoms with Gasteiger partial charge in [-0.15, -0.1) is 24.8 Å². The van der Waals surface area contributed by atoms with E-state index in [0.717, 1.165) is 43.7 Å². The highest BCUT2D eigenvalue weighted by Gasteiger charge is 2.49. The molecule has 1 saturated carbocycles. The van der Waals surface area contributed by atoms with Crippen LogP contribution in [0.2, 0.25) is 0 Å². The number of halogens is 2. The van der Waals surface area contributed by atoms with Gasteiger partial charge in [0.05, 0.1) is 5.41 Å². The summed E-state index contributed by atoms with van der Waals surface area (Å²) in [6.45, 7) is 2.29. The number of ether oxygens (including phenoxy) is 1. The molecule has 2 atom stereocenters. The number of carbonyl (C=O) groups excluding carboxylic acids is 1. The SMILES string of the molecule is Cl.Cl.O=C(NCc1ccc(Oc2ccccc2)nc1)[C@@]12CCCC[C@H]1CNC2. The van der Waals surface area contributed by atoms with Crippen molar-refractivity contribution in [2.24, 2.45) is 11.3 Å². The first-order valence-corrected chi connectivity index (χ1v) is 9.43. The van der Waals surface area contributed by atoms with Crippen LogP contribution in [0.5, 0.6) is 11.6 Å². The van der Waals surface area contributed by atoms with E-state index < -0.39 is 0 Å². The Balaban J connectivity index is 0.00000140. The molecule has 0 radical (unpaired) electrons. The van der Waals surface area contributed by atoms with Crippen LogP contribution in [0.15, 0.2) is 48.7 Å². The summed E-state index contributed by atoms with van der Waals surface area (Å²) in [5, 5.41) is 6.57. The average Bonchev–Trinajstić information content (AvgIpc) is 3.13. The number of fused-ring (bicyclic) bond motifs is 1. The molecule has 1 aliphatic heterocycles. The van der Waals surface area contributed by atoms with Gasteiger partial charge in [-0.25, -0.2) is 4.98 Å². The summed E-state index contributed by atoms with van der Waals surface area (Å²) in [4.78, 5) is 17.2. The summed E-state index contributed by atoms with van der Waals surface area (Å²) < 4.78 is 5.70. The number of para-hydroxylation sites is 1. The summed E-state index contributed by atoms with van der Waals surface area (Å²) >= 11 is 0. The van der Waals surface area contributed by atoms with Gasteiger partial charge in [0.2, 0.25) is 11.8 Å². The molecule has 1 aromatic heterocycles. The standard InChI is InChI=1S/C21H25N3O2.2ClH/c25-20(21-11-5-4-6-17(21)14-22-15-21)24-13-16-9-10-19(23-12-16)26-18-7-2-1-3-8-18;;/h1-3,7-10,12,17,22H,4-6,11,13-15H2,(H,24,25);2*1H/t17-,21+;;/m0../s1. The summed E-state index contributed by atoms with van der Waals surface area (Å²) in [6, 6.07) is 13.4. The minimum atomic E-state index is -0.206. The summed E-state index contributed by atoms with van der Waals surface area (Å²) in [5.41, 5.74) is 0.774. The van der Waals surface area contributed by atoms with Gasteiger partial charge in [0.15, 0.2) is 0 Å². The van der Waals surface area contributed by atoms with Crippen molar-refractivity contribution in [2.75, 3.05) is 13.1 Å². The van der Waals surface area contributed by atoms with Crippen LogP contribution in [-0.2, 0) is 11.3 Å². The van der Waals surface area contributed by atoms with Crippen LogP contribution in [0.25, 0.3) is 0 Å². The van der Waals surface area contributed by atoms with Crippen LogP contribution in [0, 0.1) is 11.3 Å². The normalized spacial score (nSPS) is 22.9. The quantitative estimate of drug-likeness (QED) is 0.758. The van der Waals surface area contributed by atoms with E-state index in [2.05, 4.69) is 15.6 Å². The van der Waals surface area contributed by atoms with E-state index in [9.17, 15) is 4.79 Å². The highest BCUT2D eigenvalue weighted by atomic mass is 35.5. The van der Waals surface area contributed by atoms with Crippen molar-refractivity contribution in [1.29, 1.82) is 0 Å². The van der Waals surface area contributed by atoms with Crippen molar-refractivity contribution in [3.05, 3.63) is 54.2 Å². The number of rotatable bonds is 5. The smallest absolute Gasteiger partial charge is 0.228 e. The second-order valence-corrected chi connectivity index (χ2v) is 7.33.